The van der Waals surface area contributed by atoms with Gasteiger partial charge in [0.2, 0.25) is 5.95 Å². The average molecular weight is 298 g/mol. The third-order valence-corrected chi connectivity index (χ3v) is 3.15. The summed E-state index contributed by atoms with van der Waals surface area (Å²) in [5, 5.41) is 6.04. The van der Waals surface area contributed by atoms with Gasteiger partial charge in [0.05, 0.1) is 0 Å². The first-order chi connectivity index (χ1) is 10.3. The highest BCUT2D eigenvalue weighted by Crippen LogP contribution is 2.17. The molecule has 0 spiro atoms. The van der Waals surface area contributed by atoms with Crippen molar-refractivity contribution >= 4 is 17.5 Å². The summed E-state index contributed by atoms with van der Waals surface area (Å²) in [6, 6.07) is 7.85. The molecule has 22 heavy (non-hydrogen) atoms. The third-order valence-electron chi connectivity index (χ3n) is 3.15. The maximum atomic E-state index is 12.4. The largest absolute Gasteiger partial charge is 0.352 e. The van der Waals surface area contributed by atoms with Crippen LogP contribution in [0, 0.1) is 20.8 Å². The molecule has 0 bridgehead atoms. The summed E-state index contributed by atoms with van der Waals surface area (Å²) in [5.41, 5.74) is 4.03. The number of rotatable bonds is 4. The van der Waals surface area contributed by atoms with Crippen molar-refractivity contribution in [1.29, 1.82) is 0 Å². The van der Waals surface area contributed by atoms with E-state index >= 15 is 0 Å². The van der Waals surface area contributed by atoms with Gasteiger partial charge < -0.3 is 10.6 Å². The van der Waals surface area contributed by atoms with E-state index in [1.165, 1.54) is 0 Å². The number of carbonyl (C=O) groups is 1. The second-order valence-electron chi connectivity index (χ2n) is 5.79. The van der Waals surface area contributed by atoms with Crippen LogP contribution in [0.2, 0.25) is 0 Å². The smallest absolute Gasteiger partial charge is 0.274 e. The van der Waals surface area contributed by atoms with Crippen LogP contribution < -0.4 is 10.6 Å². The van der Waals surface area contributed by atoms with Crippen molar-refractivity contribution in [3.8, 4) is 0 Å². The average Bonchev–Trinajstić information content (AvgIpc) is 2.41. The van der Waals surface area contributed by atoms with Gasteiger partial charge in [-0.25, -0.2) is 9.97 Å². The summed E-state index contributed by atoms with van der Waals surface area (Å²) >= 11 is 0. The lowest BCUT2D eigenvalue weighted by Gasteiger charge is -2.12. The number of amides is 1. The first-order valence-corrected chi connectivity index (χ1v) is 7.36. The Kier molecular flexibility index (Phi) is 4.75. The molecule has 0 saturated carbocycles. The lowest BCUT2D eigenvalue weighted by Crippen LogP contribution is -2.18. The molecule has 1 amide bonds. The molecule has 5 nitrogen and oxygen atoms in total. The Hall–Kier alpha value is -2.43. The van der Waals surface area contributed by atoms with Crippen molar-refractivity contribution in [2.24, 2.45) is 0 Å². The van der Waals surface area contributed by atoms with Crippen molar-refractivity contribution < 1.29 is 4.79 Å². The number of aryl methyl sites for hydroxylation is 3. The number of hydrogen-bond donors (Lipinski definition) is 2. The zero-order chi connectivity index (χ0) is 16.3. The second kappa shape index (κ2) is 6.56. The monoisotopic (exact) mass is 298 g/mol. The molecule has 0 aliphatic heterocycles. The van der Waals surface area contributed by atoms with Crippen LogP contribution in [0.25, 0.3) is 0 Å². The second-order valence-corrected chi connectivity index (χ2v) is 5.79. The van der Waals surface area contributed by atoms with Crippen LogP contribution in [0.3, 0.4) is 0 Å². The molecule has 0 unspecified atom stereocenters. The van der Waals surface area contributed by atoms with Crippen LogP contribution in [0.4, 0.5) is 11.6 Å². The Balaban J connectivity index is 2.25. The quantitative estimate of drug-likeness (QED) is 0.907. The van der Waals surface area contributed by atoms with Gasteiger partial charge in [-0.15, -0.1) is 0 Å². The maximum Gasteiger partial charge on any atom is 0.274 e. The first kappa shape index (κ1) is 15.9. The van der Waals surface area contributed by atoms with Gasteiger partial charge in [0.1, 0.15) is 5.69 Å². The number of nitrogens with zero attached hydrogens (tertiary/aromatic N) is 2. The molecule has 1 heterocycles. The highest BCUT2D eigenvalue weighted by atomic mass is 16.1. The summed E-state index contributed by atoms with van der Waals surface area (Å²) in [6.45, 7) is 9.81. The summed E-state index contributed by atoms with van der Waals surface area (Å²) in [5.74, 6) is 0.243. The van der Waals surface area contributed by atoms with Gasteiger partial charge in [0.15, 0.2) is 0 Å². The zero-order valence-electron chi connectivity index (χ0n) is 13.7. The van der Waals surface area contributed by atoms with E-state index in [4.69, 9.17) is 0 Å². The number of hydrogen-bond acceptors (Lipinski definition) is 4. The van der Waals surface area contributed by atoms with Gasteiger partial charge in [-0.1, -0.05) is 12.1 Å². The summed E-state index contributed by atoms with van der Waals surface area (Å²) < 4.78 is 0. The normalized spacial score (nSPS) is 10.6. The summed E-state index contributed by atoms with van der Waals surface area (Å²) in [4.78, 5) is 21.0. The van der Waals surface area contributed by atoms with E-state index in [0.717, 1.165) is 22.5 Å². The van der Waals surface area contributed by atoms with Gasteiger partial charge in [-0.05, 0) is 57.9 Å². The number of benzene rings is 1. The molecular weight excluding hydrogens is 276 g/mol. The summed E-state index contributed by atoms with van der Waals surface area (Å²) in [6.07, 6.45) is 0. The van der Waals surface area contributed by atoms with Gasteiger partial charge in [0, 0.05) is 17.4 Å². The molecule has 0 atom stereocenters. The van der Waals surface area contributed by atoms with E-state index in [2.05, 4.69) is 20.6 Å². The van der Waals surface area contributed by atoms with Crippen molar-refractivity contribution in [2.45, 2.75) is 40.7 Å². The van der Waals surface area contributed by atoms with Crippen molar-refractivity contribution in [2.75, 3.05) is 10.6 Å². The molecule has 2 aromatic rings. The predicted molar refractivity (Wildman–Crippen MR) is 89.4 cm³/mol. The van der Waals surface area contributed by atoms with Gasteiger partial charge in [0.25, 0.3) is 5.91 Å². The number of anilines is 2. The molecule has 1 aromatic heterocycles. The van der Waals surface area contributed by atoms with E-state index in [-0.39, 0.29) is 11.9 Å². The van der Waals surface area contributed by atoms with Crippen molar-refractivity contribution in [1.82, 2.24) is 9.97 Å². The zero-order valence-corrected chi connectivity index (χ0v) is 13.7. The summed E-state index contributed by atoms with van der Waals surface area (Å²) in [7, 11) is 0. The molecule has 0 fully saturated rings. The minimum Gasteiger partial charge on any atom is -0.352 e. The fourth-order valence-corrected chi connectivity index (χ4v) is 2.06. The standard InChI is InChI=1S/C17H22N4O/c1-10(2)18-17-19-13(5)9-15(21-17)16(22)20-14-8-11(3)6-7-12(14)4/h6-10H,1-5H3,(H,20,22)(H,18,19,21). The minimum absolute atomic E-state index is 0.205. The first-order valence-electron chi connectivity index (χ1n) is 7.36. The van der Waals surface area contributed by atoms with Gasteiger partial charge in [-0.2, -0.15) is 0 Å². The van der Waals surface area contributed by atoms with Gasteiger partial charge >= 0.3 is 0 Å². The fourth-order valence-electron chi connectivity index (χ4n) is 2.06. The third kappa shape index (κ3) is 4.04. The Bertz CT molecular complexity index is 695. The van der Waals surface area contributed by atoms with Crippen LogP contribution in [-0.4, -0.2) is 21.9 Å². The Morgan fingerprint density at radius 1 is 1.09 bits per heavy atom. The SMILES string of the molecule is Cc1ccc(C)c(NC(=O)c2cc(C)nc(NC(C)C)n2)c1. The highest BCUT2D eigenvalue weighted by molar-refractivity contribution is 6.03. The Morgan fingerprint density at radius 3 is 2.50 bits per heavy atom. The highest BCUT2D eigenvalue weighted by Gasteiger charge is 2.12. The number of aromatic nitrogens is 2. The Labute approximate surface area is 131 Å². The van der Waals surface area contributed by atoms with E-state index in [1.54, 1.807) is 6.07 Å². The van der Waals surface area contributed by atoms with E-state index in [1.807, 2.05) is 52.8 Å². The van der Waals surface area contributed by atoms with Crippen LogP contribution in [-0.2, 0) is 0 Å². The number of nitrogens with one attached hydrogen (secondary N) is 2. The van der Waals surface area contributed by atoms with Crippen molar-refractivity contribution in [3.63, 3.8) is 0 Å². The molecule has 2 rings (SSSR count). The molecule has 1 aromatic carbocycles. The maximum absolute atomic E-state index is 12.4. The van der Waals surface area contributed by atoms with Gasteiger partial charge in [-0.3, -0.25) is 4.79 Å². The molecular formula is C17H22N4O. The molecule has 116 valence electrons. The predicted octanol–water partition coefficient (Wildman–Crippen LogP) is 3.47. The van der Waals surface area contributed by atoms with Crippen LogP contribution >= 0.6 is 0 Å². The molecule has 0 aliphatic rings. The van der Waals surface area contributed by atoms with E-state index in [9.17, 15) is 4.79 Å². The molecule has 5 heteroatoms. The van der Waals surface area contributed by atoms with Crippen LogP contribution in [0.15, 0.2) is 24.3 Å². The Morgan fingerprint density at radius 2 is 1.82 bits per heavy atom. The van der Waals surface area contributed by atoms with E-state index in [0.29, 0.717) is 11.6 Å². The molecule has 0 aliphatic carbocycles. The molecule has 0 radical (unpaired) electrons. The molecule has 2 N–H and O–H groups in total. The lowest BCUT2D eigenvalue weighted by molar-refractivity contribution is 0.102. The fraction of sp³-hybridized carbons (Fsp3) is 0.353. The number of carbonyl (C=O) groups excluding carboxylic acids is 1. The topological polar surface area (TPSA) is 66.9 Å². The minimum atomic E-state index is -0.231. The van der Waals surface area contributed by atoms with Crippen molar-refractivity contribution in [3.05, 3.63) is 46.8 Å². The molecule has 0 saturated heterocycles. The van der Waals surface area contributed by atoms with E-state index < -0.39 is 0 Å². The van der Waals surface area contributed by atoms with Crippen LogP contribution in [0.1, 0.15) is 41.2 Å². The lowest BCUT2D eigenvalue weighted by atomic mass is 10.1. The van der Waals surface area contributed by atoms with Crippen LogP contribution in [0.5, 0.6) is 0 Å².